The normalized spacial score (nSPS) is 18.3. The van der Waals surface area contributed by atoms with Gasteiger partial charge in [-0.05, 0) is 31.0 Å². The highest BCUT2D eigenvalue weighted by Gasteiger charge is 2.28. The Labute approximate surface area is 128 Å². The van der Waals surface area contributed by atoms with Crippen LogP contribution < -0.4 is 15.0 Å². The predicted octanol–water partition coefficient (Wildman–Crippen LogP) is 2.12. The summed E-state index contributed by atoms with van der Waals surface area (Å²) in [6, 6.07) is 5.31. The fraction of sp³-hybridized carbons (Fsp3) is 0.467. The molecule has 0 spiro atoms. The van der Waals surface area contributed by atoms with Gasteiger partial charge in [0, 0.05) is 11.1 Å². The molecule has 3 rings (SSSR count). The molecule has 0 unspecified atom stereocenters. The SMILES string of the molecule is O=C(CN1C(=O)COc2ccc(Cl)cc21)NC1CCCC1. The molecule has 1 aromatic carbocycles. The summed E-state index contributed by atoms with van der Waals surface area (Å²) in [5.74, 6) is 0.210. The molecule has 0 radical (unpaired) electrons. The van der Waals surface area contributed by atoms with Crippen LogP contribution in [-0.2, 0) is 9.59 Å². The minimum absolute atomic E-state index is 0.00599. The summed E-state index contributed by atoms with van der Waals surface area (Å²) < 4.78 is 5.35. The largest absolute Gasteiger partial charge is 0.482 e. The average Bonchev–Trinajstić information content (AvgIpc) is 2.95. The van der Waals surface area contributed by atoms with Crippen molar-refractivity contribution in [1.29, 1.82) is 0 Å². The molecule has 0 aromatic heterocycles. The number of nitrogens with zero attached hydrogens (tertiary/aromatic N) is 1. The first-order valence-electron chi connectivity index (χ1n) is 7.15. The van der Waals surface area contributed by atoms with Crippen molar-refractivity contribution >= 4 is 29.1 Å². The number of amides is 2. The molecule has 21 heavy (non-hydrogen) atoms. The Bertz CT molecular complexity index is 570. The topological polar surface area (TPSA) is 58.6 Å². The molecule has 2 aliphatic rings. The Kier molecular flexibility index (Phi) is 4.01. The number of carbonyl (C=O) groups excluding carboxylic acids is 2. The number of ether oxygens (including phenoxy) is 1. The molecule has 5 nitrogen and oxygen atoms in total. The van der Waals surface area contributed by atoms with E-state index in [9.17, 15) is 9.59 Å². The Morgan fingerprint density at radius 2 is 2.14 bits per heavy atom. The molecule has 1 N–H and O–H groups in total. The van der Waals surface area contributed by atoms with E-state index >= 15 is 0 Å². The van der Waals surface area contributed by atoms with Gasteiger partial charge in [0.1, 0.15) is 12.3 Å². The summed E-state index contributed by atoms with van der Waals surface area (Å²) in [6.07, 6.45) is 4.34. The number of benzene rings is 1. The van der Waals surface area contributed by atoms with Crippen molar-refractivity contribution < 1.29 is 14.3 Å². The van der Waals surface area contributed by atoms with E-state index < -0.39 is 0 Å². The van der Waals surface area contributed by atoms with Crippen LogP contribution in [0.15, 0.2) is 18.2 Å². The van der Waals surface area contributed by atoms with Crippen molar-refractivity contribution in [2.75, 3.05) is 18.1 Å². The first kappa shape index (κ1) is 14.2. The molecule has 1 aliphatic heterocycles. The van der Waals surface area contributed by atoms with E-state index in [0.29, 0.717) is 16.5 Å². The third-order valence-corrected chi connectivity index (χ3v) is 4.12. The van der Waals surface area contributed by atoms with Gasteiger partial charge in [-0.3, -0.25) is 14.5 Å². The summed E-state index contributed by atoms with van der Waals surface area (Å²) in [6.45, 7) is -0.0443. The summed E-state index contributed by atoms with van der Waals surface area (Å²) in [4.78, 5) is 25.6. The molecule has 1 saturated carbocycles. The lowest BCUT2D eigenvalue weighted by molar-refractivity contribution is -0.125. The number of rotatable bonds is 3. The summed E-state index contributed by atoms with van der Waals surface area (Å²) in [5.41, 5.74) is 0.556. The number of nitrogens with one attached hydrogen (secondary N) is 1. The van der Waals surface area contributed by atoms with E-state index in [1.165, 1.54) is 4.90 Å². The maximum absolute atomic E-state index is 12.1. The highest BCUT2D eigenvalue weighted by Crippen LogP contribution is 2.34. The zero-order valence-electron chi connectivity index (χ0n) is 11.6. The van der Waals surface area contributed by atoms with Crippen molar-refractivity contribution in [3.63, 3.8) is 0 Å². The van der Waals surface area contributed by atoms with E-state index in [2.05, 4.69) is 5.32 Å². The van der Waals surface area contributed by atoms with Crippen LogP contribution in [0.2, 0.25) is 5.02 Å². The molecule has 1 aliphatic carbocycles. The van der Waals surface area contributed by atoms with Crippen LogP contribution in [0, 0.1) is 0 Å². The van der Waals surface area contributed by atoms with Gasteiger partial charge in [-0.25, -0.2) is 0 Å². The van der Waals surface area contributed by atoms with Crippen molar-refractivity contribution in [2.24, 2.45) is 0 Å². The Balaban J connectivity index is 1.73. The molecule has 2 amide bonds. The van der Waals surface area contributed by atoms with Crippen LogP contribution in [0.4, 0.5) is 5.69 Å². The van der Waals surface area contributed by atoms with Crippen LogP contribution >= 0.6 is 11.6 Å². The lowest BCUT2D eigenvalue weighted by Crippen LogP contribution is -2.46. The number of halogens is 1. The number of anilines is 1. The van der Waals surface area contributed by atoms with Crippen LogP contribution in [0.1, 0.15) is 25.7 Å². The van der Waals surface area contributed by atoms with Crippen LogP contribution in [-0.4, -0.2) is 31.0 Å². The van der Waals surface area contributed by atoms with E-state index in [1.807, 2.05) is 0 Å². The first-order valence-corrected chi connectivity index (χ1v) is 7.53. The summed E-state index contributed by atoms with van der Waals surface area (Å²) in [5, 5.41) is 3.49. The monoisotopic (exact) mass is 308 g/mol. The quantitative estimate of drug-likeness (QED) is 0.930. The Morgan fingerprint density at radius 3 is 2.90 bits per heavy atom. The van der Waals surface area contributed by atoms with Crippen molar-refractivity contribution in [2.45, 2.75) is 31.7 Å². The highest BCUT2D eigenvalue weighted by atomic mass is 35.5. The summed E-state index contributed by atoms with van der Waals surface area (Å²) in [7, 11) is 0. The van der Waals surface area contributed by atoms with Gasteiger partial charge in [0.05, 0.1) is 5.69 Å². The van der Waals surface area contributed by atoms with Gasteiger partial charge in [0.15, 0.2) is 6.61 Å². The number of fused-ring (bicyclic) bond motifs is 1. The molecule has 0 bridgehead atoms. The van der Waals surface area contributed by atoms with Gasteiger partial charge in [0.25, 0.3) is 5.91 Å². The van der Waals surface area contributed by atoms with Gasteiger partial charge in [0.2, 0.25) is 5.91 Å². The van der Waals surface area contributed by atoms with Crippen molar-refractivity contribution in [3.8, 4) is 5.75 Å². The van der Waals surface area contributed by atoms with Crippen molar-refractivity contribution in [1.82, 2.24) is 5.32 Å². The minimum atomic E-state index is -0.230. The van der Waals surface area contributed by atoms with Gasteiger partial charge in [-0.1, -0.05) is 24.4 Å². The molecule has 112 valence electrons. The fourth-order valence-electron chi connectivity index (χ4n) is 2.84. The van der Waals surface area contributed by atoms with Gasteiger partial charge in [-0.15, -0.1) is 0 Å². The van der Waals surface area contributed by atoms with Crippen LogP contribution in [0.3, 0.4) is 0 Å². The third-order valence-electron chi connectivity index (χ3n) is 3.89. The van der Waals surface area contributed by atoms with Crippen LogP contribution in [0.25, 0.3) is 0 Å². The molecular weight excluding hydrogens is 292 g/mol. The standard InChI is InChI=1S/C15H17ClN2O3/c16-10-5-6-13-12(7-10)18(15(20)9-21-13)8-14(19)17-11-3-1-2-4-11/h5-7,11H,1-4,8-9H2,(H,17,19). The Hall–Kier alpha value is -1.75. The Morgan fingerprint density at radius 1 is 1.38 bits per heavy atom. The molecular formula is C15H17ClN2O3. The maximum Gasteiger partial charge on any atom is 0.265 e. The number of hydrogen-bond acceptors (Lipinski definition) is 3. The molecule has 1 fully saturated rings. The lowest BCUT2D eigenvalue weighted by Gasteiger charge is -2.29. The molecule has 1 heterocycles. The van der Waals surface area contributed by atoms with E-state index in [1.54, 1.807) is 18.2 Å². The zero-order chi connectivity index (χ0) is 14.8. The second-order valence-electron chi connectivity index (χ2n) is 5.43. The third kappa shape index (κ3) is 3.13. The second-order valence-corrected chi connectivity index (χ2v) is 5.87. The highest BCUT2D eigenvalue weighted by molar-refractivity contribution is 6.31. The van der Waals surface area contributed by atoms with Crippen LogP contribution in [0.5, 0.6) is 5.75 Å². The lowest BCUT2D eigenvalue weighted by atomic mass is 10.2. The smallest absolute Gasteiger partial charge is 0.265 e. The first-order chi connectivity index (χ1) is 10.1. The molecule has 0 atom stereocenters. The van der Waals surface area contributed by atoms with Crippen molar-refractivity contribution in [3.05, 3.63) is 23.2 Å². The molecule has 1 aromatic rings. The van der Waals surface area contributed by atoms with E-state index in [0.717, 1.165) is 25.7 Å². The average molecular weight is 309 g/mol. The van der Waals surface area contributed by atoms with Gasteiger partial charge in [-0.2, -0.15) is 0 Å². The minimum Gasteiger partial charge on any atom is -0.482 e. The van der Waals surface area contributed by atoms with Gasteiger partial charge < -0.3 is 10.1 Å². The fourth-order valence-corrected chi connectivity index (χ4v) is 3.00. The number of hydrogen-bond donors (Lipinski definition) is 1. The maximum atomic E-state index is 12.1. The second kappa shape index (κ2) is 5.93. The van der Waals surface area contributed by atoms with E-state index in [4.69, 9.17) is 16.3 Å². The molecule has 0 saturated heterocycles. The zero-order valence-corrected chi connectivity index (χ0v) is 12.4. The number of carbonyl (C=O) groups is 2. The van der Waals surface area contributed by atoms with Gasteiger partial charge >= 0.3 is 0 Å². The molecule has 6 heteroatoms. The van der Waals surface area contributed by atoms with E-state index in [-0.39, 0.29) is 31.0 Å². The predicted molar refractivity (Wildman–Crippen MR) is 79.7 cm³/mol. The summed E-state index contributed by atoms with van der Waals surface area (Å²) >= 11 is 5.97.